The van der Waals surface area contributed by atoms with E-state index in [0.717, 1.165) is 10.9 Å². The maximum atomic E-state index is 4.83. The molecule has 21 heavy (non-hydrogen) atoms. The van der Waals surface area contributed by atoms with Gasteiger partial charge in [-0.2, -0.15) is 0 Å². The lowest BCUT2D eigenvalue weighted by atomic mass is 10.1. The number of rotatable bonds is 2. The number of aryl methyl sites for hydroxylation is 3. The van der Waals surface area contributed by atoms with E-state index in [0.29, 0.717) is 0 Å². The summed E-state index contributed by atoms with van der Waals surface area (Å²) in [5, 5.41) is 4.54. The van der Waals surface area contributed by atoms with Crippen molar-refractivity contribution in [3.8, 4) is 0 Å². The minimum atomic E-state index is 0.268. The Morgan fingerprint density at radius 3 is 2.38 bits per heavy atom. The summed E-state index contributed by atoms with van der Waals surface area (Å²) in [6.07, 6.45) is 0. The van der Waals surface area contributed by atoms with E-state index < -0.39 is 0 Å². The van der Waals surface area contributed by atoms with Gasteiger partial charge in [0, 0.05) is 11.4 Å². The van der Waals surface area contributed by atoms with Crippen molar-refractivity contribution in [1.29, 1.82) is 0 Å². The molecule has 2 aromatic carbocycles. The van der Waals surface area contributed by atoms with Crippen LogP contribution in [0.3, 0.4) is 0 Å². The summed E-state index contributed by atoms with van der Waals surface area (Å²) < 4.78 is 0. The number of aliphatic imine (C=N–C) groups is 1. The number of benzene rings is 2. The van der Waals surface area contributed by atoms with Crippen molar-refractivity contribution in [2.24, 2.45) is 4.99 Å². The number of hydrogen-bond donors (Lipinski definition) is 1. The highest BCUT2D eigenvalue weighted by Gasteiger charge is 2.20. The van der Waals surface area contributed by atoms with Crippen LogP contribution >= 0.6 is 11.8 Å². The minimum absolute atomic E-state index is 0.268. The molecule has 1 unspecified atom stereocenters. The normalized spacial score (nSPS) is 17.7. The third kappa shape index (κ3) is 3.13. The Labute approximate surface area is 130 Å². The van der Waals surface area contributed by atoms with Crippen LogP contribution < -0.4 is 5.32 Å². The molecular formula is C18H20N2S. The maximum absolute atomic E-state index is 4.83. The Kier molecular flexibility index (Phi) is 4.02. The molecule has 0 aromatic heterocycles. The summed E-state index contributed by atoms with van der Waals surface area (Å²) in [4.78, 5) is 4.83. The summed E-state index contributed by atoms with van der Waals surface area (Å²) >= 11 is 1.80. The Hall–Kier alpha value is -1.74. The Bertz CT molecular complexity index is 654. The van der Waals surface area contributed by atoms with Gasteiger partial charge in [0.25, 0.3) is 0 Å². The highest BCUT2D eigenvalue weighted by atomic mass is 32.2. The molecule has 1 N–H and O–H groups in total. The van der Waals surface area contributed by atoms with Gasteiger partial charge < -0.3 is 5.32 Å². The van der Waals surface area contributed by atoms with Crippen LogP contribution in [0.25, 0.3) is 0 Å². The molecule has 2 nitrogen and oxygen atoms in total. The monoisotopic (exact) mass is 296 g/mol. The lowest BCUT2D eigenvalue weighted by Gasteiger charge is -2.13. The van der Waals surface area contributed by atoms with E-state index in [-0.39, 0.29) is 6.04 Å². The van der Waals surface area contributed by atoms with Gasteiger partial charge in [-0.1, -0.05) is 59.8 Å². The molecule has 3 rings (SSSR count). The lowest BCUT2D eigenvalue weighted by Crippen LogP contribution is -2.08. The molecule has 0 saturated heterocycles. The third-order valence-electron chi connectivity index (χ3n) is 3.74. The van der Waals surface area contributed by atoms with Gasteiger partial charge >= 0.3 is 0 Å². The van der Waals surface area contributed by atoms with Crippen molar-refractivity contribution in [3.05, 3.63) is 64.7 Å². The van der Waals surface area contributed by atoms with Gasteiger partial charge in [-0.25, -0.2) is 0 Å². The number of nitrogens with one attached hydrogen (secondary N) is 1. The standard InChI is InChI=1S/C18H20N2S/c1-12-9-13(2)17(14(3)10-12)20-18-19-16(11-21-18)15-7-5-4-6-8-15/h4-10,16H,11H2,1-3H3,(H,19,20). The van der Waals surface area contributed by atoms with Crippen molar-refractivity contribution in [2.45, 2.75) is 26.8 Å². The van der Waals surface area contributed by atoms with Crippen molar-refractivity contribution >= 4 is 22.6 Å². The first-order valence-corrected chi connectivity index (χ1v) is 8.22. The lowest BCUT2D eigenvalue weighted by molar-refractivity contribution is 0.849. The fraction of sp³-hybridized carbons (Fsp3) is 0.278. The molecule has 2 aromatic rings. The summed E-state index contributed by atoms with van der Waals surface area (Å²) in [5.41, 5.74) is 6.34. The van der Waals surface area contributed by atoms with E-state index in [1.165, 1.54) is 27.9 Å². The number of hydrogen-bond acceptors (Lipinski definition) is 3. The predicted octanol–water partition coefficient (Wildman–Crippen LogP) is 4.87. The van der Waals surface area contributed by atoms with Crippen molar-refractivity contribution in [2.75, 3.05) is 11.1 Å². The zero-order valence-electron chi connectivity index (χ0n) is 12.7. The molecule has 1 aliphatic heterocycles. The Morgan fingerprint density at radius 2 is 1.71 bits per heavy atom. The van der Waals surface area contributed by atoms with Crippen molar-refractivity contribution in [3.63, 3.8) is 0 Å². The number of anilines is 1. The molecule has 1 aliphatic rings. The molecule has 0 amide bonds. The van der Waals surface area contributed by atoms with Gasteiger partial charge in [-0.15, -0.1) is 0 Å². The first-order chi connectivity index (χ1) is 10.1. The highest BCUT2D eigenvalue weighted by Crippen LogP contribution is 2.32. The molecule has 3 heteroatoms. The third-order valence-corrected chi connectivity index (χ3v) is 4.71. The molecule has 108 valence electrons. The SMILES string of the molecule is Cc1cc(C)c(NC2=NC(c3ccccc3)CS2)c(C)c1. The average molecular weight is 296 g/mol. The topological polar surface area (TPSA) is 24.4 Å². The van der Waals surface area contributed by atoms with Crippen LogP contribution in [0.4, 0.5) is 5.69 Å². The molecule has 0 fully saturated rings. The molecule has 0 bridgehead atoms. The van der Waals surface area contributed by atoms with Crippen LogP contribution in [-0.2, 0) is 0 Å². The van der Waals surface area contributed by atoms with E-state index in [9.17, 15) is 0 Å². The van der Waals surface area contributed by atoms with Crippen LogP contribution in [0.2, 0.25) is 0 Å². The van der Waals surface area contributed by atoms with E-state index in [1.54, 1.807) is 11.8 Å². The number of amidine groups is 1. The van der Waals surface area contributed by atoms with Crippen LogP contribution in [0, 0.1) is 20.8 Å². The quantitative estimate of drug-likeness (QED) is 0.855. The summed E-state index contributed by atoms with van der Waals surface area (Å²) in [5.74, 6) is 1.01. The molecule has 0 aliphatic carbocycles. The van der Waals surface area contributed by atoms with Gasteiger partial charge in [-0.3, -0.25) is 4.99 Å². The molecule has 1 heterocycles. The number of nitrogens with zero attached hydrogens (tertiary/aromatic N) is 1. The minimum Gasteiger partial charge on any atom is -0.335 e. The second kappa shape index (κ2) is 5.94. The second-order valence-electron chi connectivity index (χ2n) is 5.57. The first kappa shape index (κ1) is 14.2. The fourth-order valence-electron chi connectivity index (χ4n) is 2.77. The zero-order chi connectivity index (χ0) is 14.8. The van der Waals surface area contributed by atoms with Gasteiger partial charge in [0.2, 0.25) is 0 Å². The van der Waals surface area contributed by atoms with Crippen molar-refractivity contribution in [1.82, 2.24) is 0 Å². The maximum Gasteiger partial charge on any atom is 0.161 e. The van der Waals surface area contributed by atoms with Gasteiger partial charge in [0.15, 0.2) is 5.17 Å². The summed E-state index contributed by atoms with van der Waals surface area (Å²) in [6.45, 7) is 6.44. The van der Waals surface area contributed by atoms with Crippen LogP contribution in [0.15, 0.2) is 47.5 Å². The van der Waals surface area contributed by atoms with E-state index in [1.807, 2.05) is 6.07 Å². The van der Waals surface area contributed by atoms with E-state index >= 15 is 0 Å². The van der Waals surface area contributed by atoms with Crippen LogP contribution in [0.1, 0.15) is 28.3 Å². The fourth-order valence-corrected chi connectivity index (χ4v) is 3.73. The zero-order valence-corrected chi connectivity index (χ0v) is 13.5. The average Bonchev–Trinajstić information content (AvgIpc) is 2.92. The smallest absolute Gasteiger partial charge is 0.161 e. The van der Waals surface area contributed by atoms with Crippen LogP contribution in [-0.4, -0.2) is 10.9 Å². The largest absolute Gasteiger partial charge is 0.335 e. The van der Waals surface area contributed by atoms with Gasteiger partial charge in [-0.05, 0) is 37.5 Å². The summed E-state index contributed by atoms with van der Waals surface area (Å²) in [7, 11) is 0. The second-order valence-corrected chi connectivity index (χ2v) is 6.58. The first-order valence-electron chi connectivity index (χ1n) is 7.24. The highest BCUT2D eigenvalue weighted by molar-refractivity contribution is 8.14. The van der Waals surface area contributed by atoms with E-state index in [4.69, 9.17) is 4.99 Å². The van der Waals surface area contributed by atoms with Gasteiger partial charge in [0.1, 0.15) is 0 Å². The molecular weight excluding hydrogens is 276 g/mol. The Morgan fingerprint density at radius 1 is 1.05 bits per heavy atom. The Balaban J connectivity index is 1.81. The molecule has 1 atom stereocenters. The summed E-state index contributed by atoms with van der Waals surface area (Å²) in [6, 6.07) is 15.2. The molecule has 0 spiro atoms. The molecule has 0 radical (unpaired) electrons. The van der Waals surface area contributed by atoms with Crippen LogP contribution in [0.5, 0.6) is 0 Å². The predicted molar refractivity (Wildman–Crippen MR) is 93.4 cm³/mol. The molecule has 0 saturated carbocycles. The van der Waals surface area contributed by atoms with Crippen molar-refractivity contribution < 1.29 is 0 Å². The van der Waals surface area contributed by atoms with E-state index in [2.05, 4.69) is 62.5 Å². The number of thioether (sulfide) groups is 1. The van der Waals surface area contributed by atoms with Gasteiger partial charge in [0.05, 0.1) is 6.04 Å².